The topological polar surface area (TPSA) is 98.2 Å². The van der Waals surface area contributed by atoms with Crippen molar-refractivity contribution in [2.45, 2.75) is 38.6 Å². The van der Waals surface area contributed by atoms with E-state index in [-0.39, 0.29) is 11.3 Å². The first-order valence-electron chi connectivity index (χ1n) is 5.28. The van der Waals surface area contributed by atoms with E-state index < -0.39 is 11.9 Å². The molecule has 1 unspecified atom stereocenters. The van der Waals surface area contributed by atoms with Gasteiger partial charge in [0, 0.05) is 6.42 Å². The lowest BCUT2D eigenvalue weighted by Crippen LogP contribution is -2.46. The number of amides is 2. The van der Waals surface area contributed by atoms with Crippen molar-refractivity contribution in [2.24, 2.45) is 16.9 Å². The highest BCUT2D eigenvalue weighted by Crippen LogP contribution is 2.42. The molecule has 1 saturated carbocycles. The van der Waals surface area contributed by atoms with Crippen LogP contribution in [0.25, 0.3) is 0 Å². The molecule has 1 aliphatic carbocycles. The van der Waals surface area contributed by atoms with Crippen LogP contribution in [0, 0.1) is 5.41 Å². The fraction of sp³-hybridized carbons (Fsp3) is 0.800. The Bertz CT molecular complexity index is 256. The molecule has 0 aromatic rings. The zero-order valence-electron chi connectivity index (χ0n) is 9.08. The second-order valence-corrected chi connectivity index (χ2v) is 4.43. The predicted molar refractivity (Wildman–Crippen MR) is 56.8 cm³/mol. The van der Waals surface area contributed by atoms with Crippen molar-refractivity contribution in [3.8, 4) is 0 Å². The highest BCUT2D eigenvalue weighted by atomic mass is 16.2. The highest BCUT2D eigenvalue weighted by Gasteiger charge is 2.37. The fourth-order valence-electron chi connectivity index (χ4n) is 1.83. The largest absolute Gasteiger partial charge is 0.368 e. The Kier molecular flexibility index (Phi) is 3.68. The van der Waals surface area contributed by atoms with Crippen molar-refractivity contribution in [1.82, 2.24) is 5.32 Å². The number of primary amides is 1. The lowest BCUT2D eigenvalue weighted by atomic mass is 9.66. The molecule has 2 amide bonds. The van der Waals surface area contributed by atoms with E-state index in [0.717, 1.165) is 19.3 Å². The summed E-state index contributed by atoms with van der Waals surface area (Å²) in [6.07, 6.45) is 3.54. The molecule has 0 radical (unpaired) electrons. The van der Waals surface area contributed by atoms with Crippen LogP contribution in [-0.2, 0) is 9.59 Å². The molecule has 0 heterocycles. The van der Waals surface area contributed by atoms with Crippen molar-refractivity contribution in [3.63, 3.8) is 0 Å². The minimum atomic E-state index is -0.604. The van der Waals surface area contributed by atoms with Gasteiger partial charge in [-0.25, -0.2) is 0 Å². The van der Waals surface area contributed by atoms with Gasteiger partial charge in [-0.2, -0.15) is 0 Å². The summed E-state index contributed by atoms with van der Waals surface area (Å²) < 4.78 is 0. The third-order valence-corrected chi connectivity index (χ3v) is 3.19. The molecule has 5 N–H and O–H groups in total. The molecule has 5 heteroatoms. The normalized spacial score (nSPS) is 20.1. The van der Waals surface area contributed by atoms with Gasteiger partial charge in [0.2, 0.25) is 11.8 Å². The van der Waals surface area contributed by atoms with E-state index in [0.29, 0.717) is 13.0 Å². The second-order valence-electron chi connectivity index (χ2n) is 4.43. The van der Waals surface area contributed by atoms with Crippen LogP contribution in [-0.4, -0.2) is 24.4 Å². The Morgan fingerprint density at radius 3 is 2.40 bits per heavy atom. The van der Waals surface area contributed by atoms with Gasteiger partial charge in [-0.15, -0.1) is 0 Å². The summed E-state index contributed by atoms with van der Waals surface area (Å²) in [5.74, 6) is -0.648. The van der Waals surface area contributed by atoms with Crippen molar-refractivity contribution >= 4 is 11.8 Å². The SMILES string of the molecule is CC(NC(=O)CC1(CN)CCC1)C(N)=O. The third-order valence-electron chi connectivity index (χ3n) is 3.19. The molecule has 5 nitrogen and oxygen atoms in total. The van der Waals surface area contributed by atoms with Gasteiger partial charge in [0.25, 0.3) is 0 Å². The number of nitrogens with two attached hydrogens (primary N) is 2. The van der Waals surface area contributed by atoms with E-state index in [2.05, 4.69) is 5.32 Å². The Hall–Kier alpha value is -1.10. The first-order valence-corrected chi connectivity index (χ1v) is 5.28. The van der Waals surface area contributed by atoms with Crippen LogP contribution in [0.2, 0.25) is 0 Å². The Labute approximate surface area is 89.6 Å². The van der Waals surface area contributed by atoms with E-state index in [1.807, 2.05) is 0 Å². The number of carbonyl (C=O) groups excluding carboxylic acids is 2. The maximum absolute atomic E-state index is 11.6. The number of hydrogen-bond donors (Lipinski definition) is 3. The van der Waals surface area contributed by atoms with Gasteiger partial charge in [-0.3, -0.25) is 9.59 Å². The summed E-state index contributed by atoms with van der Waals surface area (Å²) in [5, 5.41) is 2.57. The van der Waals surface area contributed by atoms with Gasteiger partial charge >= 0.3 is 0 Å². The first kappa shape index (κ1) is 12.0. The first-order chi connectivity index (χ1) is 6.99. The Morgan fingerprint density at radius 1 is 1.47 bits per heavy atom. The summed E-state index contributed by atoms with van der Waals surface area (Å²) in [6.45, 7) is 2.11. The lowest BCUT2D eigenvalue weighted by Gasteiger charge is -2.40. The summed E-state index contributed by atoms with van der Waals surface area (Å²) in [4.78, 5) is 22.3. The summed E-state index contributed by atoms with van der Waals surface area (Å²) >= 11 is 0. The van der Waals surface area contributed by atoms with Gasteiger partial charge in [0.1, 0.15) is 6.04 Å². The van der Waals surface area contributed by atoms with E-state index >= 15 is 0 Å². The van der Waals surface area contributed by atoms with Crippen LogP contribution in [0.5, 0.6) is 0 Å². The molecule has 1 atom stereocenters. The summed E-state index contributed by atoms with van der Waals surface area (Å²) in [5.41, 5.74) is 10.7. The van der Waals surface area contributed by atoms with Crippen molar-refractivity contribution in [2.75, 3.05) is 6.54 Å². The maximum Gasteiger partial charge on any atom is 0.239 e. The number of rotatable bonds is 5. The second kappa shape index (κ2) is 4.61. The van der Waals surface area contributed by atoms with Gasteiger partial charge in [0.15, 0.2) is 0 Å². The fourth-order valence-corrected chi connectivity index (χ4v) is 1.83. The number of carbonyl (C=O) groups is 2. The molecule has 0 spiro atoms. The van der Waals surface area contributed by atoms with Gasteiger partial charge < -0.3 is 16.8 Å². The van der Waals surface area contributed by atoms with Crippen molar-refractivity contribution in [3.05, 3.63) is 0 Å². The van der Waals surface area contributed by atoms with E-state index in [1.165, 1.54) is 0 Å². The highest BCUT2D eigenvalue weighted by molar-refractivity contribution is 5.86. The average molecular weight is 213 g/mol. The molecule has 1 fully saturated rings. The molecule has 1 rings (SSSR count). The molecular formula is C10H19N3O2. The van der Waals surface area contributed by atoms with E-state index in [4.69, 9.17) is 11.5 Å². The molecule has 0 aromatic heterocycles. The molecule has 0 saturated heterocycles. The van der Waals surface area contributed by atoms with Crippen LogP contribution in [0.4, 0.5) is 0 Å². The van der Waals surface area contributed by atoms with Crippen LogP contribution in [0.15, 0.2) is 0 Å². The Balaban J connectivity index is 2.38. The zero-order chi connectivity index (χ0) is 11.5. The summed E-state index contributed by atoms with van der Waals surface area (Å²) in [6, 6.07) is -0.604. The molecule has 15 heavy (non-hydrogen) atoms. The van der Waals surface area contributed by atoms with Gasteiger partial charge in [-0.1, -0.05) is 6.42 Å². The van der Waals surface area contributed by atoms with Crippen LogP contribution in [0.1, 0.15) is 32.6 Å². The van der Waals surface area contributed by atoms with Gasteiger partial charge in [-0.05, 0) is 31.7 Å². The molecule has 86 valence electrons. The molecule has 1 aliphatic rings. The molecule has 0 bridgehead atoms. The Morgan fingerprint density at radius 2 is 2.07 bits per heavy atom. The van der Waals surface area contributed by atoms with Crippen molar-refractivity contribution < 1.29 is 9.59 Å². The number of nitrogens with one attached hydrogen (secondary N) is 1. The quantitative estimate of drug-likeness (QED) is 0.574. The standard InChI is InChI=1S/C10H19N3O2/c1-7(9(12)15)13-8(14)5-10(6-11)3-2-4-10/h7H,2-6,11H2,1H3,(H2,12,15)(H,13,14). The minimum Gasteiger partial charge on any atom is -0.368 e. The maximum atomic E-state index is 11.6. The minimum absolute atomic E-state index is 0.0263. The third kappa shape index (κ3) is 2.92. The summed E-state index contributed by atoms with van der Waals surface area (Å²) in [7, 11) is 0. The molecule has 0 aromatic carbocycles. The monoisotopic (exact) mass is 213 g/mol. The molecular weight excluding hydrogens is 194 g/mol. The number of hydrogen-bond acceptors (Lipinski definition) is 3. The lowest BCUT2D eigenvalue weighted by molar-refractivity contribution is -0.129. The van der Waals surface area contributed by atoms with Crippen molar-refractivity contribution in [1.29, 1.82) is 0 Å². The van der Waals surface area contributed by atoms with Crippen LogP contribution >= 0.6 is 0 Å². The zero-order valence-corrected chi connectivity index (χ0v) is 9.08. The van der Waals surface area contributed by atoms with Crippen LogP contribution in [0.3, 0.4) is 0 Å². The molecule has 0 aliphatic heterocycles. The van der Waals surface area contributed by atoms with Gasteiger partial charge in [0.05, 0.1) is 0 Å². The van der Waals surface area contributed by atoms with E-state index in [1.54, 1.807) is 6.92 Å². The predicted octanol–water partition coefficient (Wildman–Crippen LogP) is -0.504. The smallest absolute Gasteiger partial charge is 0.239 e. The van der Waals surface area contributed by atoms with E-state index in [9.17, 15) is 9.59 Å². The average Bonchev–Trinajstić information content (AvgIpc) is 2.11. The van der Waals surface area contributed by atoms with Crippen LogP contribution < -0.4 is 16.8 Å².